The Balaban J connectivity index is 1.66. The Kier molecular flexibility index (Phi) is 5.59. The van der Waals surface area contributed by atoms with Gasteiger partial charge in [-0.2, -0.15) is 0 Å². The van der Waals surface area contributed by atoms with E-state index >= 15 is 0 Å². The lowest BCUT2D eigenvalue weighted by atomic mass is 10.1. The summed E-state index contributed by atoms with van der Waals surface area (Å²) in [5.41, 5.74) is 3.49. The summed E-state index contributed by atoms with van der Waals surface area (Å²) in [6, 6.07) is 12.9. The number of imide groups is 1. The first-order chi connectivity index (χ1) is 14.5. The molecule has 0 bridgehead atoms. The van der Waals surface area contributed by atoms with Gasteiger partial charge in [-0.15, -0.1) is 0 Å². The van der Waals surface area contributed by atoms with Crippen molar-refractivity contribution in [1.82, 2.24) is 19.8 Å². The molecule has 1 fully saturated rings. The summed E-state index contributed by atoms with van der Waals surface area (Å²) in [6.07, 6.45) is 0.610. The Labute approximate surface area is 178 Å². The molecule has 2 aromatic carbocycles. The standard InChI is InChI=1S/C22H22N4O3S/c1-14-7-5-10-18(15(14)2)26-20(28)16-8-3-4-9-17(16)24-22(26)30-12-6-11-25-19(27)13-23-21(25)29/h3-5,7-10H,6,11-13H2,1-2H3,(H,23,29). The first-order valence-corrected chi connectivity index (χ1v) is 10.8. The zero-order valence-electron chi connectivity index (χ0n) is 16.8. The van der Waals surface area contributed by atoms with Gasteiger partial charge in [0.2, 0.25) is 5.91 Å². The quantitative estimate of drug-likeness (QED) is 0.286. The lowest BCUT2D eigenvalue weighted by Crippen LogP contribution is -2.32. The van der Waals surface area contributed by atoms with Crippen LogP contribution in [0.25, 0.3) is 16.6 Å². The molecule has 1 N–H and O–H groups in total. The van der Waals surface area contributed by atoms with E-state index in [-0.39, 0.29) is 24.0 Å². The topological polar surface area (TPSA) is 84.3 Å². The van der Waals surface area contributed by atoms with E-state index in [4.69, 9.17) is 4.98 Å². The molecule has 154 valence electrons. The molecule has 0 atom stereocenters. The molecule has 0 spiro atoms. The van der Waals surface area contributed by atoms with Crippen LogP contribution in [0.3, 0.4) is 0 Å². The number of thioether (sulfide) groups is 1. The highest BCUT2D eigenvalue weighted by molar-refractivity contribution is 7.99. The second kappa shape index (κ2) is 8.31. The summed E-state index contributed by atoms with van der Waals surface area (Å²) in [4.78, 5) is 42.7. The molecule has 3 amide bonds. The maximum Gasteiger partial charge on any atom is 0.324 e. The zero-order chi connectivity index (χ0) is 21.3. The van der Waals surface area contributed by atoms with Gasteiger partial charge >= 0.3 is 6.03 Å². The first-order valence-electron chi connectivity index (χ1n) is 9.77. The van der Waals surface area contributed by atoms with Crippen LogP contribution in [-0.2, 0) is 4.79 Å². The smallest absolute Gasteiger partial charge is 0.324 e. The van der Waals surface area contributed by atoms with Crippen LogP contribution < -0.4 is 10.9 Å². The number of benzene rings is 2. The SMILES string of the molecule is Cc1cccc(-n2c(SCCCN3C(=O)CNC3=O)nc3ccccc3c2=O)c1C. The van der Waals surface area contributed by atoms with E-state index in [1.165, 1.54) is 16.7 Å². The van der Waals surface area contributed by atoms with Gasteiger partial charge in [0.15, 0.2) is 5.16 Å². The fourth-order valence-corrected chi connectivity index (χ4v) is 4.40. The highest BCUT2D eigenvalue weighted by Gasteiger charge is 2.27. The van der Waals surface area contributed by atoms with Crippen LogP contribution >= 0.6 is 11.8 Å². The van der Waals surface area contributed by atoms with Gasteiger partial charge in [-0.25, -0.2) is 9.78 Å². The van der Waals surface area contributed by atoms with Crippen molar-refractivity contribution in [2.24, 2.45) is 0 Å². The lowest BCUT2D eigenvalue weighted by Gasteiger charge is -2.17. The molecule has 1 aliphatic rings. The number of rotatable bonds is 6. The number of carbonyl (C=O) groups excluding carboxylic acids is 2. The first kappa shape index (κ1) is 20.2. The zero-order valence-corrected chi connectivity index (χ0v) is 17.7. The summed E-state index contributed by atoms with van der Waals surface area (Å²) in [5, 5.41) is 3.69. The van der Waals surface area contributed by atoms with Gasteiger partial charge in [-0.1, -0.05) is 36.0 Å². The van der Waals surface area contributed by atoms with E-state index in [2.05, 4.69) is 5.32 Å². The van der Waals surface area contributed by atoms with Gasteiger partial charge in [0.1, 0.15) is 0 Å². The minimum atomic E-state index is -0.346. The van der Waals surface area contributed by atoms with Crippen LogP contribution in [0, 0.1) is 13.8 Å². The van der Waals surface area contributed by atoms with Gasteiger partial charge in [0, 0.05) is 12.3 Å². The number of amides is 3. The summed E-state index contributed by atoms with van der Waals surface area (Å²) in [7, 11) is 0. The van der Waals surface area contributed by atoms with Gasteiger partial charge in [-0.05, 0) is 49.6 Å². The van der Waals surface area contributed by atoms with Crippen LogP contribution in [0.2, 0.25) is 0 Å². The van der Waals surface area contributed by atoms with Crippen molar-refractivity contribution in [2.75, 3.05) is 18.8 Å². The molecule has 1 aromatic heterocycles. The third-order valence-corrected chi connectivity index (χ3v) is 6.28. The average Bonchev–Trinajstić information content (AvgIpc) is 3.06. The summed E-state index contributed by atoms with van der Waals surface area (Å²) in [6.45, 7) is 4.42. The number of para-hydroxylation sites is 1. The number of aromatic nitrogens is 2. The number of hydrogen-bond acceptors (Lipinski definition) is 5. The van der Waals surface area contributed by atoms with E-state index in [0.717, 1.165) is 16.8 Å². The van der Waals surface area contributed by atoms with Crippen molar-refractivity contribution in [3.05, 3.63) is 63.9 Å². The van der Waals surface area contributed by atoms with Crippen molar-refractivity contribution in [1.29, 1.82) is 0 Å². The van der Waals surface area contributed by atoms with Crippen molar-refractivity contribution < 1.29 is 9.59 Å². The van der Waals surface area contributed by atoms with E-state index in [1.807, 2.05) is 50.2 Å². The average molecular weight is 423 g/mol. The molecule has 0 unspecified atom stereocenters. The molecule has 30 heavy (non-hydrogen) atoms. The molecule has 0 saturated carbocycles. The van der Waals surface area contributed by atoms with Gasteiger partial charge in [0.05, 0.1) is 23.1 Å². The molecular formula is C22H22N4O3S. The Morgan fingerprint density at radius 3 is 2.63 bits per heavy atom. The number of carbonyl (C=O) groups is 2. The Morgan fingerprint density at radius 2 is 1.87 bits per heavy atom. The minimum Gasteiger partial charge on any atom is -0.329 e. The fraction of sp³-hybridized carbons (Fsp3) is 0.273. The monoisotopic (exact) mass is 422 g/mol. The van der Waals surface area contributed by atoms with Gasteiger partial charge < -0.3 is 5.32 Å². The number of nitrogens with zero attached hydrogens (tertiary/aromatic N) is 3. The number of aryl methyl sites for hydroxylation is 1. The second-order valence-corrected chi connectivity index (χ2v) is 8.24. The number of fused-ring (bicyclic) bond motifs is 1. The Morgan fingerprint density at radius 1 is 1.07 bits per heavy atom. The molecule has 8 heteroatoms. The molecule has 1 aliphatic heterocycles. The third-order valence-electron chi connectivity index (χ3n) is 5.26. The van der Waals surface area contributed by atoms with Crippen LogP contribution in [-0.4, -0.2) is 45.2 Å². The second-order valence-electron chi connectivity index (χ2n) is 7.18. The molecule has 3 aromatic rings. The molecule has 7 nitrogen and oxygen atoms in total. The predicted octanol–water partition coefficient (Wildman–Crippen LogP) is 3.04. The van der Waals surface area contributed by atoms with Crippen LogP contribution in [0.1, 0.15) is 17.5 Å². The predicted molar refractivity (Wildman–Crippen MR) is 117 cm³/mol. The molecule has 4 rings (SSSR count). The maximum absolute atomic E-state index is 13.3. The molecule has 1 saturated heterocycles. The maximum atomic E-state index is 13.3. The summed E-state index contributed by atoms with van der Waals surface area (Å²) in [5.74, 6) is 0.410. The number of urea groups is 1. The summed E-state index contributed by atoms with van der Waals surface area (Å²) < 4.78 is 1.67. The number of hydrogen-bond donors (Lipinski definition) is 1. The van der Waals surface area contributed by atoms with E-state index < -0.39 is 0 Å². The minimum absolute atomic E-state index is 0.0599. The highest BCUT2D eigenvalue weighted by atomic mass is 32.2. The Hall–Kier alpha value is -3.13. The fourth-order valence-electron chi connectivity index (χ4n) is 3.47. The number of nitrogens with one attached hydrogen (secondary N) is 1. The van der Waals surface area contributed by atoms with E-state index in [0.29, 0.717) is 34.8 Å². The molecule has 2 heterocycles. The largest absolute Gasteiger partial charge is 0.329 e. The van der Waals surface area contributed by atoms with Gasteiger partial charge in [-0.3, -0.25) is 19.1 Å². The third kappa shape index (κ3) is 3.70. The van der Waals surface area contributed by atoms with Gasteiger partial charge in [0.25, 0.3) is 5.56 Å². The van der Waals surface area contributed by atoms with Crippen LogP contribution in [0.4, 0.5) is 4.79 Å². The Bertz CT molecular complexity index is 1190. The molecule has 0 aliphatic carbocycles. The van der Waals surface area contributed by atoms with Crippen LogP contribution in [0.5, 0.6) is 0 Å². The van der Waals surface area contributed by atoms with Crippen molar-refractivity contribution in [2.45, 2.75) is 25.4 Å². The van der Waals surface area contributed by atoms with E-state index in [1.54, 1.807) is 10.6 Å². The van der Waals surface area contributed by atoms with Crippen molar-refractivity contribution in [3.8, 4) is 5.69 Å². The lowest BCUT2D eigenvalue weighted by molar-refractivity contribution is -0.124. The van der Waals surface area contributed by atoms with Crippen molar-refractivity contribution in [3.63, 3.8) is 0 Å². The normalized spacial score (nSPS) is 13.9. The van der Waals surface area contributed by atoms with E-state index in [9.17, 15) is 14.4 Å². The van der Waals surface area contributed by atoms with Crippen molar-refractivity contribution >= 4 is 34.6 Å². The highest BCUT2D eigenvalue weighted by Crippen LogP contribution is 2.25. The van der Waals surface area contributed by atoms with Crippen LogP contribution in [0.15, 0.2) is 52.4 Å². The molecule has 0 radical (unpaired) electrons. The summed E-state index contributed by atoms with van der Waals surface area (Å²) >= 11 is 1.45. The molecular weight excluding hydrogens is 400 g/mol.